The van der Waals surface area contributed by atoms with Crippen molar-refractivity contribution < 1.29 is 14.6 Å². The lowest BCUT2D eigenvalue weighted by Crippen LogP contribution is -2.32. The molecule has 0 saturated heterocycles. The number of ether oxygens (including phenoxy) is 1. The Labute approximate surface area is 137 Å². The molecule has 118 valence electrons. The molecule has 1 aromatic carbocycles. The molecule has 0 aliphatic heterocycles. The molecule has 2 amide bonds. The molecular formula is C15H17ClN2O3S. The fourth-order valence-corrected chi connectivity index (χ4v) is 2.77. The van der Waals surface area contributed by atoms with Crippen molar-refractivity contribution in [3.05, 3.63) is 45.6 Å². The summed E-state index contributed by atoms with van der Waals surface area (Å²) in [5, 5.41) is 19.4. The van der Waals surface area contributed by atoms with Gasteiger partial charge in [-0.2, -0.15) is 11.3 Å². The zero-order chi connectivity index (χ0) is 15.9. The number of aliphatic hydroxyl groups excluding tert-OH is 1. The number of hydrogen-bond donors (Lipinski definition) is 3. The fraction of sp³-hybridized carbons (Fsp3) is 0.267. The first-order chi connectivity index (χ1) is 10.6. The molecule has 1 atom stereocenters. The summed E-state index contributed by atoms with van der Waals surface area (Å²) in [6.07, 6.45) is -0.734. The molecule has 1 unspecified atom stereocenters. The van der Waals surface area contributed by atoms with Gasteiger partial charge in [-0.25, -0.2) is 4.79 Å². The molecule has 0 radical (unpaired) electrons. The SMILES string of the molecule is CCOc1c(Cl)cccc1NC(=O)NCC(O)c1ccsc1. The Morgan fingerprint density at radius 1 is 1.45 bits per heavy atom. The smallest absolute Gasteiger partial charge is 0.319 e. The normalized spacial score (nSPS) is 11.8. The number of aliphatic hydroxyl groups is 1. The summed E-state index contributed by atoms with van der Waals surface area (Å²) in [4.78, 5) is 11.9. The lowest BCUT2D eigenvalue weighted by atomic mass is 10.2. The molecule has 0 saturated carbocycles. The van der Waals surface area contributed by atoms with E-state index in [4.69, 9.17) is 16.3 Å². The van der Waals surface area contributed by atoms with E-state index in [1.807, 2.05) is 23.8 Å². The van der Waals surface area contributed by atoms with Crippen LogP contribution < -0.4 is 15.4 Å². The van der Waals surface area contributed by atoms with Gasteiger partial charge in [-0.1, -0.05) is 17.7 Å². The van der Waals surface area contributed by atoms with Crippen molar-refractivity contribution in [1.29, 1.82) is 0 Å². The van der Waals surface area contributed by atoms with Crippen LogP contribution in [0, 0.1) is 0 Å². The van der Waals surface area contributed by atoms with Gasteiger partial charge in [-0.05, 0) is 41.4 Å². The molecule has 7 heteroatoms. The second-order valence-corrected chi connectivity index (χ2v) is 5.64. The van der Waals surface area contributed by atoms with Crippen LogP contribution in [0.25, 0.3) is 0 Å². The third-order valence-corrected chi connectivity index (χ3v) is 3.89. The standard InChI is InChI=1S/C15H17ClN2O3S/c1-2-21-14-11(16)4-3-5-12(14)18-15(20)17-8-13(19)10-6-7-22-9-10/h3-7,9,13,19H,2,8H2,1H3,(H2,17,18,20). The number of anilines is 1. The predicted molar refractivity (Wildman–Crippen MR) is 88.9 cm³/mol. The van der Waals surface area contributed by atoms with Gasteiger partial charge in [0.1, 0.15) is 0 Å². The number of nitrogens with one attached hydrogen (secondary N) is 2. The molecule has 0 bridgehead atoms. The highest BCUT2D eigenvalue weighted by Gasteiger charge is 2.13. The van der Waals surface area contributed by atoms with Crippen LogP contribution in [0.2, 0.25) is 5.02 Å². The van der Waals surface area contributed by atoms with Crippen LogP contribution in [0.5, 0.6) is 5.75 Å². The number of para-hydroxylation sites is 1. The molecule has 3 N–H and O–H groups in total. The average Bonchev–Trinajstić information content (AvgIpc) is 3.03. The Kier molecular flexibility index (Phi) is 6.06. The number of hydrogen-bond acceptors (Lipinski definition) is 4. The molecule has 5 nitrogen and oxygen atoms in total. The van der Waals surface area contributed by atoms with Crippen LogP contribution >= 0.6 is 22.9 Å². The van der Waals surface area contributed by atoms with E-state index >= 15 is 0 Å². The lowest BCUT2D eigenvalue weighted by Gasteiger charge is -2.14. The van der Waals surface area contributed by atoms with Crippen molar-refractivity contribution in [2.24, 2.45) is 0 Å². The van der Waals surface area contributed by atoms with Crippen LogP contribution in [0.4, 0.5) is 10.5 Å². The lowest BCUT2D eigenvalue weighted by molar-refractivity contribution is 0.175. The Balaban J connectivity index is 1.93. The van der Waals surface area contributed by atoms with Crippen molar-refractivity contribution in [2.75, 3.05) is 18.5 Å². The number of halogens is 1. The zero-order valence-electron chi connectivity index (χ0n) is 12.0. The monoisotopic (exact) mass is 340 g/mol. The summed E-state index contributed by atoms with van der Waals surface area (Å²) in [6, 6.07) is 6.50. The maximum atomic E-state index is 11.9. The van der Waals surface area contributed by atoms with E-state index in [1.165, 1.54) is 11.3 Å². The summed E-state index contributed by atoms with van der Waals surface area (Å²) in [7, 11) is 0. The Bertz CT molecular complexity index is 619. The predicted octanol–water partition coefficient (Wildman–Crippen LogP) is 3.66. The molecule has 1 aromatic heterocycles. The highest BCUT2D eigenvalue weighted by atomic mass is 35.5. The second-order valence-electron chi connectivity index (χ2n) is 4.46. The van der Waals surface area contributed by atoms with Gasteiger partial charge in [0.05, 0.1) is 23.4 Å². The number of urea groups is 1. The third-order valence-electron chi connectivity index (χ3n) is 2.89. The highest BCUT2D eigenvalue weighted by molar-refractivity contribution is 7.07. The number of rotatable bonds is 6. The van der Waals surface area contributed by atoms with Crippen molar-refractivity contribution in [3.63, 3.8) is 0 Å². The number of amides is 2. The first-order valence-corrected chi connectivity index (χ1v) is 8.10. The van der Waals surface area contributed by atoms with Crippen LogP contribution in [0.1, 0.15) is 18.6 Å². The number of carbonyl (C=O) groups is 1. The molecule has 2 aromatic rings. The zero-order valence-corrected chi connectivity index (χ0v) is 13.6. The van der Waals surface area contributed by atoms with Gasteiger partial charge in [0.2, 0.25) is 0 Å². The van der Waals surface area contributed by atoms with Crippen LogP contribution in [0.15, 0.2) is 35.0 Å². The second kappa shape index (κ2) is 8.03. The highest BCUT2D eigenvalue weighted by Crippen LogP contribution is 2.32. The van der Waals surface area contributed by atoms with Crippen LogP contribution in [0.3, 0.4) is 0 Å². The largest absolute Gasteiger partial charge is 0.490 e. The number of thiophene rings is 1. The van der Waals surface area contributed by atoms with Crippen LogP contribution in [-0.2, 0) is 0 Å². The minimum atomic E-state index is -0.734. The van der Waals surface area contributed by atoms with E-state index in [9.17, 15) is 9.90 Å². The Hall–Kier alpha value is -1.76. The third kappa shape index (κ3) is 4.37. The quantitative estimate of drug-likeness (QED) is 0.751. The van der Waals surface area contributed by atoms with Gasteiger partial charge in [0.25, 0.3) is 0 Å². The summed E-state index contributed by atoms with van der Waals surface area (Å²) in [5.41, 5.74) is 1.26. The fourth-order valence-electron chi connectivity index (χ4n) is 1.84. The van der Waals surface area contributed by atoms with Gasteiger partial charge in [-0.15, -0.1) is 0 Å². The Morgan fingerprint density at radius 2 is 2.27 bits per heavy atom. The topological polar surface area (TPSA) is 70.6 Å². The molecule has 22 heavy (non-hydrogen) atoms. The molecule has 0 spiro atoms. The summed E-state index contributed by atoms with van der Waals surface area (Å²) < 4.78 is 5.43. The minimum absolute atomic E-state index is 0.118. The summed E-state index contributed by atoms with van der Waals surface area (Å²) >= 11 is 7.55. The number of benzene rings is 1. The summed E-state index contributed by atoms with van der Waals surface area (Å²) in [6.45, 7) is 2.40. The molecule has 0 fully saturated rings. The van der Waals surface area contributed by atoms with E-state index in [0.717, 1.165) is 5.56 Å². The van der Waals surface area contributed by atoms with E-state index in [-0.39, 0.29) is 6.54 Å². The van der Waals surface area contributed by atoms with E-state index < -0.39 is 12.1 Å². The molecule has 0 aliphatic rings. The van der Waals surface area contributed by atoms with E-state index in [0.29, 0.717) is 23.1 Å². The molecule has 2 rings (SSSR count). The first kappa shape index (κ1) is 16.6. The minimum Gasteiger partial charge on any atom is -0.490 e. The molecule has 0 aliphatic carbocycles. The maximum Gasteiger partial charge on any atom is 0.319 e. The van der Waals surface area contributed by atoms with Crippen molar-refractivity contribution >= 4 is 34.7 Å². The maximum absolute atomic E-state index is 11.9. The number of carbonyl (C=O) groups excluding carboxylic acids is 1. The van der Waals surface area contributed by atoms with Gasteiger partial charge in [0, 0.05) is 6.54 Å². The van der Waals surface area contributed by atoms with Crippen molar-refractivity contribution in [2.45, 2.75) is 13.0 Å². The van der Waals surface area contributed by atoms with Gasteiger partial charge < -0.3 is 20.5 Å². The molecular weight excluding hydrogens is 324 g/mol. The van der Waals surface area contributed by atoms with Gasteiger partial charge >= 0.3 is 6.03 Å². The van der Waals surface area contributed by atoms with Gasteiger partial charge in [-0.3, -0.25) is 0 Å². The molecule has 1 heterocycles. The summed E-state index contributed by atoms with van der Waals surface area (Å²) in [5.74, 6) is 0.431. The van der Waals surface area contributed by atoms with Crippen LogP contribution in [-0.4, -0.2) is 24.3 Å². The van der Waals surface area contributed by atoms with E-state index in [1.54, 1.807) is 18.2 Å². The van der Waals surface area contributed by atoms with Gasteiger partial charge in [0.15, 0.2) is 5.75 Å². The Morgan fingerprint density at radius 3 is 2.95 bits per heavy atom. The average molecular weight is 341 g/mol. The van der Waals surface area contributed by atoms with E-state index in [2.05, 4.69) is 10.6 Å². The van der Waals surface area contributed by atoms with Crippen molar-refractivity contribution in [1.82, 2.24) is 5.32 Å². The van der Waals surface area contributed by atoms with Crippen molar-refractivity contribution in [3.8, 4) is 5.75 Å². The first-order valence-electron chi connectivity index (χ1n) is 6.78.